The number of hydrogen-bond acceptors (Lipinski definition) is 6. The summed E-state index contributed by atoms with van der Waals surface area (Å²) in [6.45, 7) is 6.61. The van der Waals surface area contributed by atoms with Gasteiger partial charge in [0, 0.05) is 25.8 Å². The molecule has 2 aromatic heterocycles. The van der Waals surface area contributed by atoms with Crippen LogP contribution in [0.5, 0.6) is 0 Å². The lowest BCUT2D eigenvalue weighted by Crippen LogP contribution is -2.34. The van der Waals surface area contributed by atoms with Crippen LogP contribution >= 0.6 is 11.3 Å². The average molecular weight is 335 g/mol. The summed E-state index contributed by atoms with van der Waals surface area (Å²) >= 11 is 1.39. The Morgan fingerprint density at radius 3 is 3.09 bits per heavy atom. The summed E-state index contributed by atoms with van der Waals surface area (Å²) in [6.07, 6.45) is 4.52. The number of anilines is 1. The van der Waals surface area contributed by atoms with Gasteiger partial charge in [-0.15, -0.1) is 5.10 Å². The van der Waals surface area contributed by atoms with Gasteiger partial charge in [0.1, 0.15) is 5.56 Å². The standard InChI is InChI=1S/C15H21N5O2S/c1-3-6-16-12(21)11-8-17-14-20(13(11)22)18-15(23-14)19-7-4-5-10(2)9-19/h8,10H,3-7,9H2,1-2H3,(H,16,21)/t10-/m0/s1. The maximum Gasteiger partial charge on any atom is 0.288 e. The van der Waals surface area contributed by atoms with E-state index in [1.165, 1.54) is 28.5 Å². The fraction of sp³-hybridized carbons (Fsp3) is 0.600. The maximum atomic E-state index is 12.5. The number of rotatable bonds is 4. The Hall–Kier alpha value is -1.96. The quantitative estimate of drug-likeness (QED) is 0.916. The first-order chi connectivity index (χ1) is 11.1. The van der Waals surface area contributed by atoms with Gasteiger partial charge in [0.05, 0.1) is 0 Å². The molecule has 2 aromatic rings. The Bertz CT molecular complexity index is 769. The molecule has 0 spiro atoms. The monoisotopic (exact) mass is 335 g/mol. The van der Waals surface area contributed by atoms with Crippen molar-refractivity contribution < 1.29 is 4.79 Å². The second kappa shape index (κ2) is 6.66. The molecule has 1 amide bonds. The molecule has 1 aliphatic rings. The van der Waals surface area contributed by atoms with Crippen LogP contribution in [0.1, 0.15) is 43.5 Å². The summed E-state index contributed by atoms with van der Waals surface area (Å²) in [4.78, 5) is 31.5. The Labute approximate surface area is 138 Å². The van der Waals surface area contributed by atoms with Crippen LogP contribution < -0.4 is 15.8 Å². The van der Waals surface area contributed by atoms with Crippen molar-refractivity contribution in [2.45, 2.75) is 33.1 Å². The average Bonchev–Trinajstić information content (AvgIpc) is 2.98. The molecule has 3 rings (SSSR count). The SMILES string of the molecule is CCCNC(=O)c1cnc2sc(N3CCC[C@H](C)C3)nn2c1=O. The summed E-state index contributed by atoms with van der Waals surface area (Å²) < 4.78 is 1.25. The minimum Gasteiger partial charge on any atom is -0.352 e. The molecule has 0 bridgehead atoms. The second-order valence-electron chi connectivity index (χ2n) is 6.01. The second-order valence-corrected chi connectivity index (χ2v) is 6.94. The fourth-order valence-electron chi connectivity index (χ4n) is 2.76. The number of fused-ring (bicyclic) bond motifs is 1. The molecule has 1 fully saturated rings. The maximum absolute atomic E-state index is 12.5. The van der Waals surface area contributed by atoms with Crippen LogP contribution in [0, 0.1) is 5.92 Å². The van der Waals surface area contributed by atoms with Crippen LogP contribution in [-0.2, 0) is 0 Å². The smallest absolute Gasteiger partial charge is 0.288 e. The van der Waals surface area contributed by atoms with Gasteiger partial charge in [-0.05, 0) is 25.2 Å². The molecule has 3 heterocycles. The van der Waals surface area contributed by atoms with Crippen LogP contribution in [0.25, 0.3) is 4.96 Å². The topological polar surface area (TPSA) is 79.6 Å². The molecule has 7 nitrogen and oxygen atoms in total. The van der Waals surface area contributed by atoms with Crippen molar-refractivity contribution >= 4 is 27.3 Å². The number of carbonyl (C=O) groups is 1. The van der Waals surface area contributed by atoms with Crippen LogP contribution in [0.3, 0.4) is 0 Å². The number of piperidine rings is 1. The van der Waals surface area contributed by atoms with Crippen molar-refractivity contribution in [1.82, 2.24) is 19.9 Å². The van der Waals surface area contributed by atoms with Gasteiger partial charge in [0.25, 0.3) is 11.5 Å². The van der Waals surface area contributed by atoms with E-state index in [2.05, 4.69) is 27.2 Å². The van der Waals surface area contributed by atoms with E-state index in [-0.39, 0.29) is 11.5 Å². The number of amides is 1. The lowest BCUT2D eigenvalue weighted by Gasteiger charge is -2.30. The van der Waals surface area contributed by atoms with E-state index in [9.17, 15) is 9.59 Å². The lowest BCUT2D eigenvalue weighted by molar-refractivity contribution is 0.0951. The molecule has 124 valence electrons. The number of hydrogen-bond donors (Lipinski definition) is 1. The molecule has 1 aliphatic heterocycles. The summed E-state index contributed by atoms with van der Waals surface area (Å²) in [7, 11) is 0. The van der Waals surface area contributed by atoms with Gasteiger partial charge in [0.2, 0.25) is 10.1 Å². The van der Waals surface area contributed by atoms with E-state index in [1.807, 2.05) is 6.92 Å². The van der Waals surface area contributed by atoms with Gasteiger partial charge in [-0.2, -0.15) is 4.52 Å². The molecule has 1 saturated heterocycles. The molecule has 0 radical (unpaired) electrons. The van der Waals surface area contributed by atoms with Gasteiger partial charge < -0.3 is 10.2 Å². The van der Waals surface area contributed by atoms with Gasteiger partial charge >= 0.3 is 0 Å². The molecule has 8 heteroatoms. The molecule has 1 N–H and O–H groups in total. The van der Waals surface area contributed by atoms with Crippen molar-refractivity contribution in [2.24, 2.45) is 5.92 Å². The predicted octanol–water partition coefficient (Wildman–Crippen LogP) is 1.53. The number of carbonyl (C=O) groups excluding carboxylic acids is 1. The molecular formula is C15H21N5O2S. The first-order valence-corrected chi connectivity index (χ1v) is 8.83. The van der Waals surface area contributed by atoms with Gasteiger partial charge in [-0.3, -0.25) is 9.59 Å². The van der Waals surface area contributed by atoms with Crippen LogP contribution in [0.2, 0.25) is 0 Å². The number of nitrogens with one attached hydrogen (secondary N) is 1. The third kappa shape index (κ3) is 3.21. The van der Waals surface area contributed by atoms with Gasteiger partial charge in [0.15, 0.2) is 0 Å². The van der Waals surface area contributed by atoms with Crippen molar-refractivity contribution in [2.75, 3.05) is 24.5 Å². The zero-order valence-corrected chi connectivity index (χ0v) is 14.2. The molecule has 0 saturated carbocycles. The summed E-state index contributed by atoms with van der Waals surface area (Å²) in [5, 5.41) is 7.90. The molecule has 0 aliphatic carbocycles. The predicted molar refractivity (Wildman–Crippen MR) is 90.4 cm³/mol. The van der Waals surface area contributed by atoms with Gasteiger partial charge in [-0.1, -0.05) is 25.2 Å². The van der Waals surface area contributed by atoms with E-state index in [0.29, 0.717) is 17.4 Å². The molecule has 0 aromatic carbocycles. The van der Waals surface area contributed by atoms with Crippen molar-refractivity contribution in [3.05, 3.63) is 22.1 Å². The van der Waals surface area contributed by atoms with Crippen LogP contribution in [0.4, 0.5) is 5.13 Å². The van der Waals surface area contributed by atoms with E-state index in [0.717, 1.165) is 31.1 Å². The third-order valence-electron chi connectivity index (χ3n) is 3.98. The summed E-state index contributed by atoms with van der Waals surface area (Å²) in [5.41, 5.74) is -0.365. The Morgan fingerprint density at radius 2 is 2.35 bits per heavy atom. The highest BCUT2D eigenvalue weighted by molar-refractivity contribution is 7.20. The Morgan fingerprint density at radius 1 is 1.52 bits per heavy atom. The molecule has 1 atom stereocenters. The zero-order valence-electron chi connectivity index (χ0n) is 13.4. The Balaban J connectivity index is 1.92. The summed E-state index contributed by atoms with van der Waals surface area (Å²) in [6, 6.07) is 0. The first kappa shape index (κ1) is 15.9. The Kier molecular flexibility index (Phi) is 4.61. The van der Waals surface area contributed by atoms with Crippen molar-refractivity contribution in [1.29, 1.82) is 0 Å². The number of nitrogens with zero attached hydrogens (tertiary/aromatic N) is 4. The molecule has 23 heavy (non-hydrogen) atoms. The van der Waals surface area contributed by atoms with Gasteiger partial charge in [-0.25, -0.2) is 4.98 Å². The van der Waals surface area contributed by atoms with Crippen LogP contribution in [-0.4, -0.2) is 40.1 Å². The first-order valence-electron chi connectivity index (χ1n) is 8.02. The minimum atomic E-state index is -0.406. The lowest BCUT2D eigenvalue weighted by atomic mass is 10.0. The zero-order chi connectivity index (χ0) is 16.4. The highest BCUT2D eigenvalue weighted by Gasteiger charge is 2.21. The van der Waals surface area contributed by atoms with E-state index in [4.69, 9.17) is 0 Å². The number of aromatic nitrogens is 3. The van der Waals surface area contributed by atoms with Crippen molar-refractivity contribution in [3.63, 3.8) is 0 Å². The fourth-order valence-corrected chi connectivity index (χ4v) is 3.65. The normalized spacial score (nSPS) is 18.3. The van der Waals surface area contributed by atoms with E-state index < -0.39 is 5.56 Å². The van der Waals surface area contributed by atoms with Crippen LogP contribution in [0.15, 0.2) is 11.0 Å². The summed E-state index contributed by atoms with van der Waals surface area (Å²) in [5.74, 6) is 0.232. The largest absolute Gasteiger partial charge is 0.352 e. The van der Waals surface area contributed by atoms with Crippen molar-refractivity contribution in [3.8, 4) is 0 Å². The highest BCUT2D eigenvalue weighted by Crippen LogP contribution is 2.26. The highest BCUT2D eigenvalue weighted by atomic mass is 32.1. The molecule has 0 unspecified atom stereocenters. The third-order valence-corrected chi connectivity index (χ3v) is 4.97. The minimum absolute atomic E-state index is 0.0415. The van der Waals surface area contributed by atoms with E-state index >= 15 is 0 Å². The molecular weight excluding hydrogens is 314 g/mol. The van der Waals surface area contributed by atoms with E-state index in [1.54, 1.807) is 0 Å².